The zero-order valence-electron chi connectivity index (χ0n) is 13.8. The van der Waals surface area contributed by atoms with Crippen molar-refractivity contribution in [2.75, 3.05) is 0 Å². The third-order valence-electron chi connectivity index (χ3n) is 4.52. The van der Waals surface area contributed by atoms with E-state index < -0.39 is 0 Å². The highest BCUT2D eigenvalue weighted by molar-refractivity contribution is 9.10. The molecule has 0 aliphatic heterocycles. The van der Waals surface area contributed by atoms with E-state index in [9.17, 15) is 0 Å². The van der Waals surface area contributed by atoms with E-state index in [0.29, 0.717) is 0 Å². The first-order valence-corrected chi connectivity index (χ1v) is 9.18. The van der Waals surface area contributed by atoms with Gasteiger partial charge in [0.05, 0.1) is 16.7 Å². The molecule has 5 aromatic rings. The van der Waals surface area contributed by atoms with Crippen LogP contribution in [0.5, 0.6) is 0 Å². The smallest absolute Gasteiger partial charge is 0.102 e. The van der Waals surface area contributed by atoms with E-state index >= 15 is 0 Å². The Bertz CT molecular complexity index is 1230. The molecule has 0 bridgehead atoms. The first kappa shape index (κ1) is 15.3. The van der Waals surface area contributed by atoms with E-state index in [-0.39, 0.29) is 0 Å². The van der Waals surface area contributed by atoms with Gasteiger partial charge in [-0.1, -0.05) is 64.5 Å². The van der Waals surface area contributed by atoms with Crippen molar-refractivity contribution < 1.29 is 0 Å². The molecule has 0 amide bonds. The zero-order chi connectivity index (χ0) is 17.5. The molecule has 2 heterocycles. The lowest BCUT2D eigenvalue weighted by atomic mass is 10.1. The van der Waals surface area contributed by atoms with Crippen LogP contribution < -0.4 is 0 Å². The predicted octanol–water partition coefficient (Wildman–Crippen LogP) is 6.00. The fourth-order valence-corrected chi connectivity index (χ4v) is 3.68. The summed E-state index contributed by atoms with van der Waals surface area (Å²) in [5.41, 5.74) is 5.09. The quantitative estimate of drug-likeness (QED) is 0.364. The summed E-state index contributed by atoms with van der Waals surface area (Å²) in [7, 11) is 0. The molecule has 124 valence electrons. The maximum Gasteiger partial charge on any atom is 0.102 e. The molecule has 4 heteroatoms. The average molecular weight is 400 g/mol. The van der Waals surface area contributed by atoms with Crippen LogP contribution in [0.3, 0.4) is 0 Å². The summed E-state index contributed by atoms with van der Waals surface area (Å²) in [4.78, 5) is 4.67. The Morgan fingerprint density at radius 2 is 1.50 bits per heavy atom. The zero-order valence-corrected chi connectivity index (χ0v) is 15.4. The second kappa shape index (κ2) is 6.07. The number of hydrogen-bond donors (Lipinski definition) is 0. The van der Waals surface area contributed by atoms with Crippen LogP contribution in [0.2, 0.25) is 0 Å². The molecule has 26 heavy (non-hydrogen) atoms. The van der Waals surface area contributed by atoms with Crippen LogP contribution in [-0.4, -0.2) is 14.8 Å². The molecule has 0 aliphatic rings. The summed E-state index contributed by atoms with van der Waals surface area (Å²) in [5, 5.41) is 7.10. The van der Waals surface area contributed by atoms with Gasteiger partial charge in [-0.2, -0.15) is 5.10 Å². The van der Waals surface area contributed by atoms with E-state index in [1.807, 2.05) is 59.4 Å². The highest BCUT2D eigenvalue weighted by Crippen LogP contribution is 2.34. The molecular weight excluding hydrogens is 386 g/mol. The van der Waals surface area contributed by atoms with Crippen LogP contribution in [0.4, 0.5) is 0 Å². The van der Waals surface area contributed by atoms with Gasteiger partial charge >= 0.3 is 0 Å². The molecule has 0 saturated carbocycles. The number of hydrogen-bond acceptors (Lipinski definition) is 2. The summed E-state index contributed by atoms with van der Waals surface area (Å²) in [5.74, 6) is 0. The van der Waals surface area contributed by atoms with Crippen molar-refractivity contribution in [1.82, 2.24) is 14.8 Å². The summed E-state index contributed by atoms with van der Waals surface area (Å²) < 4.78 is 3.05. The Hall–Kier alpha value is -2.98. The van der Waals surface area contributed by atoms with Gasteiger partial charge in [0.2, 0.25) is 0 Å². The molecule has 0 spiro atoms. The summed E-state index contributed by atoms with van der Waals surface area (Å²) in [6.45, 7) is 0. The van der Waals surface area contributed by atoms with Crippen molar-refractivity contribution in [2.24, 2.45) is 0 Å². The van der Waals surface area contributed by atoms with Crippen LogP contribution in [0.25, 0.3) is 38.8 Å². The lowest BCUT2D eigenvalue weighted by Crippen LogP contribution is -1.96. The first-order valence-electron chi connectivity index (χ1n) is 8.39. The number of nitrogens with zero attached hydrogens (tertiary/aromatic N) is 3. The van der Waals surface area contributed by atoms with Gasteiger partial charge in [-0.05, 0) is 30.3 Å². The van der Waals surface area contributed by atoms with Gasteiger partial charge in [0.15, 0.2) is 0 Å². The van der Waals surface area contributed by atoms with Crippen LogP contribution in [0.15, 0.2) is 89.5 Å². The molecule has 0 fully saturated rings. The molecule has 2 aromatic heterocycles. The lowest BCUT2D eigenvalue weighted by molar-refractivity contribution is 0.918. The standard InChI is InChI=1S/C22H14BrN3/c23-16-11-12-20-18(13-16)22-19(14-24-20)21(15-7-3-1-4-8-15)25-26(22)17-9-5-2-6-10-17/h1-14H. The summed E-state index contributed by atoms with van der Waals surface area (Å²) >= 11 is 3.59. The van der Waals surface area contributed by atoms with Crippen molar-refractivity contribution in [1.29, 1.82) is 0 Å². The minimum Gasteiger partial charge on any atom is -0.255 e. The molecular formula is C22H14BrN3. The van der Waals surface area contributed by atoms with Crippen molar-refractivity contribution in [3.8, 4) is 16.9 Å². The lowest BCUT2D eigenvalue weighted by Gasteiger charge is -2.06. The van der Waals surface area contributed by atoms with Crippen molar-refractivity contribution in [3.63, 3.8) is 0 Å². The summed E-state index contributed by atoms with van der Waals surface area (Å²) in [6, 6.07) is 26.7. The van der Waals surface area contributed by atoms with Gasteiger partial charge in [-0.25, -0.2) is 4.68 Å². The third kappa shape index (κ3) is 2.42. The number of pyridine rings is 1. The first-order chi connectivity index (χ1) is 12.8. The predicted molar refractivity (Wildman–Crippen MR) is 110 cm³/mol. The number of benzene rings is 3. The monoisotopic (exact) mass is 399 g/mol. The maximum absolute atomic E-state index is 4.97. The van der Waals surface area contributed by atoms with Gasteiger partial charge in [0.1, 0.15) is 5.69 Å². The van der Waals surface area contributed by atoms with E-state index in [4.69, 9.17) is 5.10 Å². The van der Waals surface area contributed by atoms with Gasteiger partial charge in [-0.3, -0.25) is 4.98 Å². The minimum absolute atomic E-state index is 0.943. The third-order valence-corrected chi connectivity index (χ3v) is 5.01. The Balaban J connectivity index is 1.94. The van der Waals surface area contributed by atoms with Gasteiger partial charge < -0.3 is 0 Å². The minimum atomic E-state index is 0.943. The Morgan fingerprint density at radius 1 is 0.769 bits per heavy atom. The number of fused-ring (bicyclic) bond motifs is 3. The second-order valence-corrected chi connectivity index (χ2v) is 7.06. The van der Waals surface area contributed by atoms with E-state index in [2.05, 4.69) is 51.2 Å². The van der Waals surface area contributed by atoms with Crippen LogP contribution in [0.1, 0.15) is 0 Å². The Morgan fingerprint density at radius 3 is 2.27 bits per heavy atom. The number of rotatable bonds is 2. The van der Waals surface area contributed by atoms with Crippen LogP contribution in [0, 0.1) is 0 Å². The van der Waals surface area contributed by atoms with E-state index in [1.54, 1.807) is 0 Å². The fourth-order valence-electron chi connectivity index (χ4n) is 3.32. The molecule has 0 N–H and O–H groups in total. The van der Waals surface area contributed by atoms with Crippen molar-refractivity contribution in [2.45, 2.75) is 0 Å². The molecule has 0 unspecified atom stereocenters. The second-order valence-electron chi connectivity index (χ2n) is 6.14. The van der Waals surface area contributed by atoms with Crippen molar-refractivity contribution >= 4 is 37.7 Å². The Kier molecular flexibility index (Phi) is 3.57. The normalized spacial score (nSPS) is 11.3. The largest absolute Gasteiger partial charge is 0.255 e. The average Bonchev–Trinajstić information content (AvgIpc) is 3.09. The number of halogens is 1. The van der Waals surface area contributed by atoms with E-state index in [1.165, 1.54) is 0 Å². The molecule has 3 aromatic carbocycles. The molecule has 0 aliphatic carbocycles. The van der Waals surface area contributed by atoms with Gasteiger partial charge in [-0.15, -0.1) is 0 Å². The van der Waals surface area contributed by atoms with Crippen molar-refractivity contribution in [3.05, 3.63) is 89.5 Å². The fraction of sp³-hybridized carbons (Fsp3) is 0. The SMILES string of the molecule is Brc1ccc2ncc3c(-c4ccccc4)nn(-c4ccccc4)c3c2c1. The summed E-state index contributed by atoms with van der Waals surface area (Å²) in [6.07, 6.45) is 1.93. The number of aromatic nitrogens is 3. The highest BCUT2D eigenvalue weighted by Gasteiger charge is 2.16. The Labute approximate surface area is 159 Å². The van der Waals surface area contributed by atoms with E-state index in [0.717, 1.165) is 43.2 Å². The topological polar surface area (TPSA) is 30.7 Å². The van der Waals surface area contributed by atoms with Gasteiger partial charge in [0.25, 0.3) is 0 Å². The molecule has 5 rings (SSSR count). The molecule has 0 saturated heterocycles. The molecule has 0 atom stereocenters. The van der Waals surface area contributed by atoms with Crippen LogP contribution in [-0.2, 0) is 0 Å². The number of para-hydroxylation sites is 1. The molecule has 3 nitrogen and oxygen atoms in total. The van der Waals surface area contributed by atoms with Gasteiger partial charge in [0, 0.05) is 27.0 Å². The van der Waals surface area contributed by atoms with Crippen LogP contribution >= 0.6 is 15.9 Å². The highest BCUT2D eigenvalue weighted by atomic mass is 79.9. The maximum atomic E-state index is 4.97. The molecule has 0 radical (unpaired) electrons.